The Morgan fingerprint density at radius 1 is 1.19 bits per heavy atom. The van der Waals surface area contributed by atoms with Gasteiger partial charge in [-0.05, 0) is 61.7 Å². The molecular weight excluding hydrogens is 252 g/mol. The molecule has 3 unspecified atom stereocenters. The zero-order valence-electron chi connectivity index (χ0n) is 15.6. The predicted molar refractivity (Wildman–Crippen MR) is 96.5 cm³/mol. The van der Waals surface area contributed by atoms with Crippen molar-refractivity contribution < 1.29 is 0 Å². The van der Waals surface area contributed by atoms with Gasteiger partial charge in [0.15, 0.2) is 0 Å². The molecule has 0 aliphatic heterocycles. The molecule has 0 heteroatoms. The van der Waals surface area contributed by atoms with Gasteiger partial charge in [-0.2, -0.15) is 0 Å². The zero-order valence-corrected chi connectivity index (χ0v) is 15.6. The van der Waals surface area contributed by atoms with Crippen molar-refractivity contribution in [3.63, 3.8) is 0 Å². The third kappa shape index (κ3) is 7.88. The number of rotatable bonds is 9. The Morgan fingerprint density at radius 2 is 1.76 bits per heavy atom. The fourth-order valence-electron chi connectivity index (χ4n) is 3.62. The first kappa shape index (κ1) is 18.5. The lowest BCUT2D eigenvalue weighted by atomic mass is 9.82. The van der Waals surface area contributed by atoms with Crippen LogP contribution in [0.5, 0.6) is 0 Å². The Kier molecular flexibility index (Phi) is 7.24. The Labute approximate surface area is 134 Å². The standard InChI is InChI=1S/C21H38/c1-8-9-19(12-10-16(2)15-21(5,6)7)13-11-17(3)20-14-18(20)4/h9,14,16-18H,8,10-13,15H2,1-7H3. The van der Waals surface area contributed by atoms with E-state index < -0.39 is 0 Å². The summed E-state index contributed by atoms with van der Waals surface area (Å²) in [6.07, 6.45) is 12.8. The first-order valence-corrected chi connectivity index (χ1v) is 9.12. The van der Waals surface area contributed by atoms with Gasteiger partial charge in [-0.1, -0.05) is 71.8 Å². The van der Waals surface area contributed by atoms with Crippen LogP contribution < -0.4 is 0 Å². The molecule has 0 aromatic heterocycles. The third-order valence-corrected chi connectivity index (χ3v) is 4.74. The molecular formula is C21H38. The van der Waals surface area contributed by atoms with E-state index in [1.807, 2.05) is 0 Å². The second-order valence-electron chi connectivity index (χ2n) is 8.57. The molecule has 0 nitrogen and oxygen atoms in total. The summed E-state index contributed by atoms with van der Waals surface area (Å²) < 4.78 is 0. The summed E-state index contributed by atoms with van der Waals surface area (Å²) in [6.45, 7) is 16.5. The van der Waals surface area contributed by atoms with E-state index in [4.69, 9.17) is 0 Å². The average molecular weight is 291 g/mol. The molecule has 0 radical (unpaired) electrons. The van der Waals surface area contributed by atoms with Gasteiger partial charge >= 0.3 is 0 Å². The molecule has 0 heterocycles. The van der Waals surface area contributed by atoms with E-state index in [0.717, 1.165) is 17.8 Å². The SMILES string of the molecule is CCC=C(CCC(C)CC(C)(C)C)CCC(C)C1=CC1C. The van der Waals surface area contributed by atoms with Crippen molar-refractivity contribution in [1.82, 2.24) is 0 Å². The van der Waals surface area contributed by atoms with Crippen LogP contribution in [-0.4, -0.2) is 0 Å². The van der Waals surface area contributed by atoms with Crippen LogP contribution in [0.4, 0.5) is 0 Å². The minimum Gasteiger partial charge on any atom is -0.0856 e. The van der Waals surface area contributed by atoms with Gasteiger partial charge in [0.2, 0.25) is 0 Å². The summed E-state index contributed by atoms with van der Waals surface area (Å²) in [4.78, 5) is 0. The molecule has 0 spiro atoms. The van der Waals surface area contributed by atoms with Crippen LogP contribution in [-0.2, 0) is 0 Å². The van der Waals surface area contributed by atoms with Crippen molar-refractivity contribution >= 4 is 0 Å². The zero-order chi connectivity index (χ0) is 16.0. The summed E-state index contributed by atoms with van der Waals surface area (Å²) in [7, 11) is 0. The number of hydrogen-bond acceptors (Lipinski definition) is 0. The van der Waals surface area contributed by atoms with Crippen molar-refractivity contribution in [3.05, 3.63) is 23.3 Å². The van der Waals surface area contributed by atoms with Gasteiger partial charge < -0.3 is 0 Å². The van der Waals surface area contributed by atoms with Crippen LogP contribution in [0.25, 0.3) is 0 Å². The summed E-state index contributed by atoms with van der Waals surface area (Å²) in [5.74, 6) is 2.44. The molecule has 0 fully saturated rings. The molecule has 0 bridgehead atoms. The predicted octanol–water partition coefficient (Wildman–Crippen LogP) is 7.17. The van der Waals surface area contributed by atoms with Gasteiger partial charge in [0.25, 0.3) is 0 Å². The highest BCUT2D eigenvalue weighted by molar-refractivity contribution is 5.29. The first-order chi connectivity index (χ1) is 9.73. The average Bonchev–Trinajstić information content (AvgIpc) is 3.07. The monoisotopic (exact) mass is 290 g/mol. The van der Waals surface area contributed by atoms with Crippen LogP contribution in [0.1, 0.15) is 87.0 Å². The van der Waals surface area contributed by atoms with Crippen LogP contribution in [0, 0.1) is 23.2 Å². The number of allylic oxidation sites excluding steroid dienone is 4. The number of hydrogen-bond donors (Lipinski definition) is 0. The van der Waals surface area contributed by atoms with Crippen molar-refractivity contribution in [2.45, 2.75) is 87.0 Å². The van der Waals surface area contributed by atoms with Crippen molar-refractivity contribution in [2.75, 3.05) is 0 Å². The van der Waals surface area contributed by atoms with Gasteiger partial charge in [-0.15, -0.1) is 0 Å². The second kappa shape index (κ2) is 8.20. The molecule has 122 valence electrons. The van der Waals surface area contributed by atoms with Crippen molar-refractivity contribution in [2.24, 2.45) is 23.2 Å². The normalized spacial score (nSPS) is 22.0. The Balaban J connectivity index is 2.33. The molecule has 0 aromatic rings. The first-order valence-electron chi connectivity index (χ1n) is 9.12. The highest BCUT2D eigenvalue weighted by Crippen LogP contribution is 2.38. The molecule has 0 N–H and O–H groups in total. The molecule has 1 aliphatic carbocycles. The summed E-state index contributed by atoms with van der Waals surface area (Å²) in [5, 5.41) is 0. The van der Waals surface area contributed by atoms with E-state index >= 15 is 0 Å². The lowest BCUT2D eigenvalue weighted by molar-refractivity contribution is 0.296. The van der Waals surface area contributed by atoms with E-state index in [2.05, 4.69) is 60.6 Å². The summed E-state index contributed by atoms with van der Waals surface area (Å²) in [5.41, 5.74) is 3.88. The van der Waals surface area contributed by atoms with Crippen LogP contribution >= 0.6 is 0 Å². The molecule has 0 saturated carbocycles. The Bertz CT molecular complexity index is 364. The fraction of sp³-hybridized carbons (Fsp3) is 0.810. The van der Waals surface area contributed by atoms with Gasteiger partial charge in [0, 0.05) is 0 Å². The summed E-state index contributed by atoms with van der Waals surface area (Å²) >= 11 is 0. The van der Waals surface area contributed by atoms with Crippen LogP contribution in [0.3, 0.4) is 0 Å². The van der Waals surface area contributed by atoms with Gasteiger partial charge in [-0.25, -0.2) is 0 Å². The Morgan fingerprint density at radius 3 is 2.24 bits per heavy atom. The van der Waals surface area contributed by atoms with Crippen LogP contribution in [0.2, 0.25) is 0 Å². The van der Waals surface area contributed by atoms with Gasteiger partial charge in [0.1, 0.15) is 0 Å². The van der Waals surface area contributed by atoms with Crippen LogP contribution in [0.15, 0.2) is 23.3 Å². The molecule has 0 aromatic carbocycles. The van der Waals surface area contributed by atoms with Crippen molar-refractivity contribution in [1.29, 1.82) is 0 Å². The minimum absolute atomic E-state index is 0.469. The molecule has 1 aliphatic rings. The van der Waals surface area contributed by atoms with E-state index in [1.54, 1.807) is 11.1 Å². The van der Waals surface area contributed by atoms with E-state index in [0.29, 0.717) is 5.41 Å². The maximum atomic E-state index is 2.49. The summed E-state index contributed by atoms with van der Waals surface area (Å²) in [6, 6.07) is 0. The maximum absolute atomic E-state index is 2.49. The van der Waals surface area contributed by atoms with Gasteiger partial charge in [-0.3, -0.25) is 0 Å². The molecule has 3 atom stereocenters. The lowest BCUT2D eigenvalue weighted by Crippen LogP contribution is -2.11. The molecule has 1 rings (SSSR count). The fourth-order valence-corrected chi connectivity index (χ4v) is 3.62. The van der Waals surface area contributed by atoms with Crippen molar-refractivity contribution in [3.8, 4) is 0 Å². The second-order valence-corrected chi connectivity index (χ2v) is 8.57. The minimum atomic E-state index is 0.469. The largest absolute Gasteiger partial charge is 0.0856 e. The van der Waals surface area contributed by atoms with E-state index in [1.165, 1.54) is 38.5 Å². The molecule has 21 heavy (non-hydrogen) atoms. The highest BCUT2D eigenvalue weighted by Gasteiger charge is 2.24. The van der Waals surface area contributed by atoms with E-state index in [-0.39, 0.29) is 0 Å². The Hall–Kier alpha value is -0.520. The molecule has 0 amide bonds. The third-order valence-electron chi connectivity index (χ3n) is 4.74. The quantitative estimate of drug-likeness (QED) is 0.395. The highest BCUT2D eigenvalue weighted by atomic mass is 14.3. The van der Waals surface area contributed by atoms with E-state index in [9.17, 15) is 0 Å². The molecule has 0 saturated heterocycles. The maximum Gasteiger partial charge on any atom is -0.00458 e. The smallest absolute Gasteiger partial charge is 0.00458 e. The topological polar surface area (TPSA) is 0 Å². The lowest BCUT2D eigenvalue weighted by Gasteiger charge is -2.23. The van der Waals surface area contributed by atoms with Gasteiger partial charge in [0.05, 0.1) is 0 Å².